The Bertz CT molecular complexity index is 547. The van der Waals surface area contributed by atoms with Crippen molar-refractivity contribution in [3.8, 4) is 0 Å². The molecule has 22 heavy (non-hydrogen) atoms. The highest BCUT2D eigenvalue weighted by atomic mass is 16.2. The van der Waals surface area contributed by atoms with E-state index in [2.05, 4.69) is 10.6 Å². The smallest absolute Gasteiger partial charge is 0.321 e. The molecule has 2 unspecified atom stereocenters. The zero-order chi connectivity index (χ0) is 16.1. The number of nitrogens with two attached hydrogens (primary N) is 1. The molecule has 0 aromatic heterocycles. The van der Waals surface area contributed by atoms with E-state index in [4.69, 9.17) is 5.73 Å². The second-order valence-corrected chi connectivity index (χ2v) is 5.69. The van der Waals surface area contributed by atoms with Crippen LogP contribution in [0.5, 0.6) is 0 Å². The van der Waals surface area contributed by atoms with Crippen LogP contribution in [-0.4, -0.2) is 31.1 Å². The number of rotatable bonds is 5. The molecule has 0 spiro atoms. The minimum Gasteiger partial charge on any atom is -0.338 e. The molecule has 1 aromatic rings. The van der Waals surface area contributed by atoms with Gasteiger partial charge in [0, 0.05) is 24.5 Å². The summed E-state index contributed by atoms with van der Waals surface area (Å²) in [7, 11) is 0. The van der Waals surface area contributed by atoms with Crippen LogP contribution in [0.1, 0.15) is 26.7 Å². The van der Waals surface area contributed by atoms with E-state index in [0.29, 0.717) is 18.8 Å². The molecule has 4 N–H and O–H groups in total. The van der Waals surface area contributed by atoms with Crippen LogP contribution >= 0.6 is 0 Å². The molecule has 0 saturated carbocycles. The second kappa shape index (κ2) is 7.26. The van der Waals surface area contributed by atoms with Crippen molar-refractivity contribution in [3.63, 3.8) is 0 Å². The van der Waals surface area contributed by atoms with Gasteiger partial charge in [0.05, 0.1) is 6.04 Å². The standard InChI is InChI=1S/C16H24N4O2/c1-3-11(2)14(17)15(21)19-12-6-4-7-13(10-12)20-9-5-8-18-16(20)22/h4,6-7,10-11,14H,3,5,8-9,17H2,1-2H3,(H,18,22)(H,19,21). The molecule has 1 fully saturated rings. The van der Waals surface area contributed by atoms with Crippen LogP contribution in [0, 0.1) is 5.92 Å². The summed E-state index contributed by atoms with van der Waals surface area (Å²) in [6, 6.07) is 6.63. The summed E-state index contributed by atoms with van der Waals surface area (Å²) >= 11 is 0. The molecule has 120 valence electrons. The predicted octanol–water partition coefficient (Wildman–Crippen LogP) is 1.92. The van der Waals surface area contributed by atoms with E-state index in [9.17, 15) is 9.59 Å². The molecular formula is C16H24N4O2. The number of nitrogens with zero attached hydrogens (tertiary/aromatic N) is 1. The molecule has 2 atom stereocenters. The summed E-state index contributed by atoms with van der Waals surface area (Å²) in [6.45, 7) is 5.34. The maximum atomic E-state index is 12.1. The van der Waals surface area contributed by atoms with Gasteiger partial charge in [-0.25, -0.2) is 4.79 Å². The largest absolute Gasteiger partial charge is 0.338 e. The molecule has 1 heterocycles. The van der Waals surface area contributed by atoms with Gasteiger partial charge in [-0.15, -0.1) is 0 Å². The Labute approximate surface area is 131 Å². The first-order valence-electron chi connectivity index (χ1n) is 7.74. The summed E-state index contributed by atoms with van der Waals surface area (Å²) in [5.41, 5.74) is 7.36. The minimum atomic E-state index is -0.535. The van der Waals surface area contributed by atoms with Gasteiger partial charge >= 0.3 is 6.03 Å². The van der Waals surface area contributed by atoms with Crippen molar-refractivity contribution < 1.29 is 9.59 Å². The Morgan fingerprint density at radius 2 is 2.27 bits per heavy atom. The molecule has 1 saturated heterocycles. The lowest BCUT2D eigenvalue weighted by Gasteiger charge is -2.28. The van der Waals surface area contributed by atoms with Crippen LogP contribution in [0.15, 0.2) is 24.3 Å². The number of nitrogens with one attached hydrogen (secondary N) is 2. The Morgan fingerprint density at radius 3 is 2.95 bits per heavy atom. The zero-order valence-electron chi connectivity index (χ0n) is 13.1. The molecule has 0 radical (unpaired) electrons. The maximum absolute atomic E-state index is 12.1. The molecule has 6 nitrogen and oxygen atoms in total. The normalized spacial score (nSPS) is 17.6. The van der Waals surface area contributed by atoms with Crippen molar-refractivity contribution in [1.29, 1.82) is 0 Å². The van der Waals surface area contributed by atoms with Crippen molar-refractivity contribution in [2.75, 3.05) is 23.3 Å². The van der Waals surface area contributed by atoms with E-state index in [0.717, 1.165) is 18.5 Å². The van der Waals surface area contributed by atoms with Crippen LogP contribution in [0.4, 0.5) is 16.2 Å². The lowest BCUT2D eigenvalue weighted by molar-refractivity contribution is -0.118. The number of benzene rings is 1. The van der Waals surface area contributed by atoms with Gasteiger partial charge in [0.25, 0.3) is 0 Å². The third kappa shape index (κ3) is 3.76. The number of carbonyl (C=O) groups excluding carboxylic acids is 2. The Balaban J connectivity index is 2.08. The van der Waals surface area contributed by atoms with Gasteiger partial charge in [-0.3, -0.25) is 9.69 Å². The van der Waals surface area contributed by atoms with E-state index >= 15 is 0 Å². The van der Waals surface area contributed by atoms with Crippen molar-refractivity contribution in [2.45, 2.75) is 32.7 Å². The lowest BCUT2D eigenvalue weighted by Crippen LogP contribution is -2.46. The molecule has 3 amide bonds. The minimum absolute atomic E-state index is 0.106. The third-order valence-electron chi connectivity index (χ3n) is 4.06. The number of hydrogen-bond acceptors (Lipinski definition) is 3. The average Bonchev–Trinajstić information content (AvgIpc) is 2.54. The highest BCUT2D eigenvalue weighted by Crippen LogP contribution is 2.21. The van der Waals surface area contributed by atoms with E-state index < -0.39 is 6.04 Å². The summed E-state index contributed by atoms with van der Waals surface area (Å²) in [5, 5.41) is 5.64. The fourth-order valence-electron chi connectivity index (χ4n) is 2.37. The summed E-state index contributed by atoms with van der Waals surface area (Å²) in [5.74, 6) is -0.0781. The number of hydrogen-bond donors (Lipinski definition) is 3. The van der Waals surface area contributed by atoms with Crippen molar-refractivity contribution in [3.05, 3.63) is 24.3 Å². The fraction of sp³-hybridized carbons (Fsp3) is 0.500. The SMILES string of the molecule is CCC(C)C(N)C(=O)Nc1cccc(N2CCCNC2=O)c1. The first kappa shape index (κ1) is 16.3. The van der Waals surface area contributed by atoms with Gasteiger partial charge in [0.1, 0.15) is 0 Å². The average molecular weight is 304 g/mol. The number of amides is 3. The molecule has 6 heteroatoms. The van der Waals surface area contributed by atoms with E-state index in [1.807, 2.05) is 26.0 Å². The monoisotopic (exact) mass is 304 g/mol. The summed E-state index contributed by atoms with van der Waals surface area (Å²) in [4.78, 5) is 25.7. The third-order valence-corrected chi connectivity index (χ3v) is 4.06. The fourth-order valence-corrected chi connectivity index (χ4v) is 2.37. The highest BCUT2D eigenvalue weighted by Gasteiger charge is 2.21. The van der Waals surface area contributed by atoms with Gasteiger partial charge in [-0.1, -0.05) is 26.3 Å². The molecule has 1 aliphatic heterocycles. The van der Waals surface area contributed by atoms with Crippen molar-refractivity contribution in [2.24, 2.45) is 11.7 Å². The Hall–Kier alpha value is -2.08. The van der Waals surface area contributed by atoms with Crippen LogP contribution in [-0.2, 0) is 4.79 Å². The van der Waals surface area contributed by atoms with E-state index in [1.165, 1.54) is 0 Å². The molecule has 0 bridgehead atoms. The molecule has 2 rings (SSSR count). The zero-order valence-corrected chi connectivity index (χ0v) is 13.1. The van der Waals surface area contributed by atoms with Crippen LogP contribution in [0.3, 0.4) is 0 Å². The molecular weight excluding hydrogens is 280 g/mol. The first-order valence-corrected chi connectivity index (χ1v) is 7.74. The van der Waals surface area contributed by atoms with Gasteiger partial charge in [-0.05, 0) is 30.5 Å². The van der Waals surface area contributed by atoms with E-state index in [1.54, 1.807) is 17.0 Å². The number of anilines is 2. The van der Waals surface area contributed by atoms with E-state index in [-0.39, 0.29) is 17.9 Å². The Morgan fingerprint density at radius 1 is 1.50 bits per heavy atom. The molecule has 1 aromatic carbocycles. The van der Waals surface area contributed by atoms with Gasteiger partial charge in [0.2, 0.25) is 5.91 Å². The topological polar surface area (TPSA) is 87.5 Å². The van der Waals surface area contributed by atoms with Gasteiger partial charge in [0.15, 0.2) is 0 Å². The van der Waals surface area contributed by atoms with Crippen molar-refractivity contribution >= 4 is 23.3 Å². The first-order chi connectivity index (χ1) is 10.5. The van der Waals surface area contributed by atoms with Crippen LogP contribution < -0.4 is 21.3 Å². The molecule has 0 aliphatic carbocycles. The van der Waals surface area contributed by atoms with Crippen molar-refractivity contribution in [1.82, 2.24) is 5.32 Å². The van der Waals surface area contributed by atoms with Crippen LogP contribution in [0.2, 0.25) is 0 Å². The quantitative estimate of drug-likeness (QED) is 0.776. The Kier molecular flexibility index (Phi) is 5.38. The highest BCUT2D eigenvalue weighted by molar-refractivity contribution is 5.97. The predicted molar refractivity (Wildman–Crippen MR) is 87.9 cm³/mol. The summed E-state index contributed by atoms with van der Waals surface area (Å²) < 4.78 is 0. The summed E-state index contributed by atoms with van der Waals surface area (Å²) in [6.07, 6.45) is 1.75. The second-order valence-electron chi connectivity index (χ2n) is 5.69. The number of carbonyl (C=O) groups is 2. The van der Waals surface area contributed by atoms with Gasteiger partial charge in [-0.2, -0.15) is 0 Å². The van der Waals surface area contributed by atoms with Gasteiger partial charge < -0.3 is 16.4 Å². The lowest BCUT2D eigenvalue weighted by atomic mass is 9.99. The maximum Gasteiger partial charge on any atom is 0.321 e. The molecule has 1 aliphatic rings. The number of urea groups is 1. The van der Waals surface area contributed by atoms with Crippen LogP contribution in [0.25, 0.3) is 0 Å².